The van der Waals surface area contributed by atoms with Gasteiger partial charge in [0.15, 0.2) is 0 Å². The summed E-state index contributed by atoms with van der Waals surface area (Å²) >= 11 is 0. The Morgan fingerprint density at radius 1 is 1.40 bits per heavy atom. The SMILES string of the molecule is CC1CCCCC1OCCNC(=O)CC1COCCN1. The van der Waals surface area contributed by atoms with E-state index < -0.39 is 0 Å². The lowest BCUT2D eigenvalue weighted by molar-refractivity contribution is -0.122. The van der Waals surface area contributed by atoms with Gasteiger partial charge in [-0.2, -0.15) is 0 Å². The summed E-state index contributed by atoms with van der Waals surface area (Å²) in [4.78, 5) is 11.8. The van der Waals surface area contributed by atoms with Gasteiger partial charge in [-0.15, -0.1) is 0 Å². The first-order valence-corrected chi connectivity index (χ1v) is 7.95. The highest BCUT2D eigenvalue weighted by Gasteiger charge is 2.21. The predicted molar refractivity (Wildman–Crippen MR) is 77.6 cm³/mol. The van der Waals surface area contributed by atoms with Gasteiger partial charge in [-0.25, -0.2) is 0 Å². The molecule has 1 saturated carbocycles. The average molecular weight is 284 g/mol. The van der Waals surface area contributed by atoms with Crippen LogP contribution >= 0.6 is 0 Å². The number of morpholine rings is 1. The van der Waals surface area contributed by atoms with E-state index in [-0.39, 0.29) is 11.9 Å². The van der Waals surface area contributed by atoms with Crippen molar-refractivity contribution in [2.24, 2.45) is 5.92 Å². The van der Waals surface area contributed by atoms with E-state index in [1.54, 1.807) is 0 Å². The number of nitrogens with one attached hydrogen (secondary N) is 2. The van der Waals surface area contributed by atoms with E-state index in [0.29, 0.717) is 38.2 Å². The summed E-state index contributed by atoms with van der Waals surface area (Å²) in [5.41, 5.74) is 0. The molecule has 3 unspecified atom stereocenters. The number of ether oxygens (including phenoxy) is 2. The van der Waals surface area contributed by atoms with Crippen molar-refractivity contribution in [1.29, 1.82) is 0 Å². The summed E-state index contributed by atoms with van der Waals surface area (Å²) in [6.45, 7) is 5.69. The van der Waals surface area contributed by atoms with E-state index in [9.17, 15) is 4.79 Å². The second kappa shape index (κ2) is 8.60. The summed E-state index contributed by atoms with van der Waals surface area (Å²) in [7, 11) is 0. The Morgan fingerprint density at radius 3 is 3.00 bits per heavy atom. The van der Waals surface area contributed by atoms with Crippen LogP contribution in [-0.2, 0) is 14.3 Å². The van der Waals surface area contributed by atoms with E-state index in [1.807, 2.05) is 0 Å². The molecule has 0 bridgehead atoms. The minimum absolute atomic E-state index is 0.0771. The van der Waals surface area contributed by atoms with Crippen LogP contribution in [0.3, 0.4) is 0 Å². The largest absolute Gasteiger partial charge is 0.378 e. The van der Waals surface area contributed by atoms with Gasteiger partial charge in [0, 0.05) is 25.6 Å². The van der Waals surface area contributed by atoms with Crippen LogP contribution in [0.4, 0.5) is 0 Å². The van der Waals surface area contributed by atoms with E-state index >= 15 is 0 Å². The zero-order chi connectivity index (χ0) is 14.2. The predicted octanol–water partition coefficient (Wildman–Crippen LogP) is 1.08. The molecule has 20 heavy (non-hydrogen) atoms. The highest BCUT2D eigenvalue weighted by molar-refractivity contribution is 5.76. The van der Waals surface area contributed by atoms with Crippen LogP contribution in [0.15, 0.2) is 0 Å². The molecule has 2 aliphatic rings. The molecule has 0 aromatic carbocycles. The first-order chi connectivity index (χ1) is 9.75. The lowest BCUT2D eigenvalue weighted by Crippen LogP contribution is -2.44. The van der Waals surface area contributed by atoms with Crippen molar-refractivity contribution in [2.45, 2.75) is 51.2 Å². The number of carbonyl (C=O) groups is 1. The zero-order valence-electron chi connectivity index (χ0n) is 12.5. The molecule has 0 spiro atoms. The molecular formula is C15H28N2O3. The molecule has 0 aromatic rings. The number of hydrogen-bond donors (Lipinski definition) is 2. The second-order valence-electron chi connectivity index (χ2n) is 5.95. The normalized spacial score (nSPS) is 30.9. The van der Waals surface area contributed by atoms with Crippen molar-refractivity contribution in [3.63, 3.8) is 0 Å². The van der Waals surface area contributed by atoms with Gasteiger partial charge in [0.2, 0.25) is 5.91 Å². The van der Waals surface area contributed by atoms with E-state index in [0.717, 1.165) is 13.2 Å². The standard InChI is InChI=1S/C15H28N2O3/c1-12-4-2-3-5-14(12)20-9-7-17-15(18)10-13-11-19-8-6-16-13/h12-14,16H,2-11H2,1H3,(H,17,18). The van der Waals surface area contributed by atoms with Gasteiger partial charge in [-0.05, 0) is 18.8 Å². The van der Waals surface area contributed by atoms with Gasteiger partial charge in [-0.1, -0.05) is 19.8 Å². The first-order valence-electron chi connectivity index (χ1n) is 7.95. The maximum atomic E-state index is 11.8. The number of amides is 1. The van der Waals surface area contributed by atoms with Gasteiger partial charge in [0.25, 0.3) is 0 Å². The third-order valence-electron chi connectivity index (χ3n) is 4.22. The molecule has 1 aliphatic carbocycles. The number of hydrogen-bond acceptors (Lipinski definition) is 4. The molecule has 2 rings (SSSR count). The van der Waals surface area contributed by atoms with Crippen molar-refractivity contribution in [1.82, 2.24) is 10.6 Å². The Bertz CT molecular complexity index is 293. The van der Waals surface area contributed by atoms with Crippen LogP contribution in [0.2, 0.25) is 0 Å². The Morgan fingerprint density at radius 2 is 2.25 bits per heavy atom. The van der Waals surface area contributed by atoms with Crippen LogP contribution in [0, 0.1) is 5.92 Å². The van der Waals surface area contributed by atoms with Gasteiger partial charge in [0.05, 0.1) is 25.9 Å². The molecule has 1 amide bonds. The minimum Gasteiger partial charge on any atom is -0.378 e. The Kier molecular flexibility index (Phi) is 6.76. The van der Waals surface area contributed by atoms with Crippen LogP contribution < -0.4 is 10.6 Å². The third kappa shape index (κ3) is 5.38. The summed E-state index contributed by atoms with van der Waals surface area (Å²) in [5.74, 6) is 0.733. The zero-order valence-corrected chi connectivity index (χ0v) is 12.5. The van der Waals surface area contributed by atoms with E-state index in [4.69, 9.17) is 9.47 Å². The van der Waals surface area contributed by atoms with Crippen molar-refractivity contribution >= 4 is 5.91 Å². The fraction of sp³-hybridized carbons (Fsp3) is 0.933. The fourth-order valence-electron chi connectivity index (χ4n) is 2.98. The summed E-state index contributed by atoms with van der Waals surface area (Å²) in [6, 6.07) is 0.156. The molecule has 5 nitrogen and oxygen atoms in total. The smallest absolute Gasteiger partial charge is 0.221 e. The topological polar surface area (TPSA) is 59.6 Å². The molecule has 1 heterocycles. The lowest BCUT2D eigenvalue weighted by atomic mass is 9.88. The quantitative estimate of drug-likeness (QED) is 0.717. The molecule has 0 radical (unpaired) electrons. The molecule has 5 heteroatoms. The molecule has 2 N–H and O–H groups in total. The van der Waals surface area contributed by atoms with Gasteiger partial charge >= 0.3 is 0 Å². The number of carbonyl (C=O) groups excluding carboxylic acids is 1. The number of rotatable bonds is 6. The maximum Gasteiger partial charge on any atom is 0.221 e. The van der Waals surface area contributed by atoms with Crippen molar-refractivity contribution in [3.8, 4) is 0 Å². The average Bonchev–Trinajstić information content (AvgIpc) is 2.46. The first kappa shape index (κ1) is 15.7. The molecule has 1 saturated heterocycles. The molecule has 2 fully saturated rings. The highest BCUT2D eigenvalue weighted by Crippen LogP contribution is 2.25. The highest BCUT2D eigenvalue weighted by atomic mass is 16.5. The molecular weight excluding hydrogens is 256 g/mol. The summed E-state index contributed by atoms with van der Waals surface area (Å²) < 4.78 is 11.2. The van der Waals surface area contributed by atoms with Gasteiger partial charge in [0.1, 0.15) is 0 Å². The van der Waals surface area contributed by atoms with Crippen LogP contribution in [-0.4, -0.2) is 51.0 Å². The van der Waals surface area contributed by atoms with E-state index in [2.05, 4.69) is 17.6 Å². The third-order valence-corrected chi connectivity index (χ3v) is 4.22. The minimum atomic E-state index is 0.0771. The monoisotopic (exact) mass is 284 g/mol. The molecule has 1 aliphatic heterocycles. The van der Waals surface area contributed by atoms with Gasteiger partial charge < -0.3 is 20.1 Å². The van der Waals surface area contributed by atoms with Crippen molar-refractivity contribution < 1.29 is 14.3 Å². The Balaban J connectivity index is 1.52. The van der Waals surface area contributed by atoms with Gasteiger partial charge in [-0.3, -0.25) is 4.79 Å². The molecule has 3 atom stereocenters. The van der Waals surface area contributed by atoms with Crippen LogP contribution in [0.1, 0.15) is 39.0 Å². The molecule has 0 aromatic heterocycles. The lowest BCUT2D eigenvalue weighted by Gasteiger charge is -2.28. The maximum absolute atomic E-state index is 11.8. The second-order valence-corrected chi connectivity index (χ2v) is 5.95. The summed E-state index contributed by atoms with van der Waals surface area (Å²) in [5, 5.41) is 6.21. The van der Waals surface area contributed by atoms with Crippen LogP contribution in [0.5, 0.6) is 0 Å². The van der Waals surface area contributed by atoms with E-state index in [1.165, 1.54) is 25.7 Å². The van der Waals surface area contributed by atoms with Crippen LogP contribution in [0.25, 0.3) is 0 Å². The van der Waals surface area contributed by atoms with Crippen molar-refractivity contribution in [3.05, 3.63) is 0 Å². The van der Waals surface area contributed by atoms with Crippen molar-refractivity contribution in [2.75, 3.05) is 32.9 Å². The Hall–Kier alpha value is -0.650. The fourth-order valence-corrected chi connectivity index (χ4v) is 2.98. The summed E-state index contributed by atoms with van der Waals surface area (Å²) in [6.07, 6.45) is 5.90. The Labute approximate surface area is 121 Å². The molecule has 116 valence electrons.